The van der Waals surface area contributed by atoms with Gasteiger partial charge in [-0.15, -0.1) is 0 Å². The second-order valence-corrected chi connectivity index (χ2v) is 7.81. The number of carbonyl (C=O) groups excluding carboxylic acids is 1. The molecule has 1 aromatic rings. The van der Waals surface area contributed by atoms with Crippen molar-refractivity contribution < 1.29 is 17.9 Å². The van der Waals surface area contributed by atoms with Gasteiger partial charge in [-0.1, -0.05) is 23.7 Å². The summed E-state index contributed by atoms with van der Waals surface area (Å²) < 4.78 is 29.8. The van der Waals surface area contributed by atoms with Gasteiger partial charge in [0, 0.05) is 32.6 Å². The van der Waals surface area contributed by atoms with E-state index in [2.05, 4.69) is 0 Å². The Morgan fingerprint density at radius 1 is 1.22 bits per heavy atom. The molecule has 0 bridgehead atoms. The van der Waals surface area contributed by atoms with E-state index in [9.17, 15) is 13.2 Å². The number of piperazine rings is 1. The molecule has 0 radical (unpaired) electrons. The maximum atomic E-state index is 12.1. The Kier molecular flexibility index (Phi) is 6.26. The summed E-state index contributed by atoms with van der Waals surface area (Å²) in [6.07, 6.45) is 2.16. The van der Waals surface area contributed by atoms with E-state index in [1.807, 2.05) is 12.1 Å². The van der Waals surface area contributed by atoms with Gasteiger partial charge in [0.2, 0.25) is 15.9 Å². The minimum absolute atomic E-state index is 0.0286. The number of ether oxygens (including phenoxy) is 1. The molecule has 0 aliphatic carbocycles. The van der Waals surface area contributed by atoms with Crippen molar-refractivity contribution in [2.75, 3.05) is 39.0 Å². The summed E-state index contributed by atoms with van der Waals surface area (Å²) in [5, 5.41) is 0.552. The second kappa shape index (κ2) is 7.99. The van der Waals surface area contributed by atoms with Gasteiger partial charge in [-0.2, -0.15) is 4.31 Å². The summed E-state index contributed by atoms with van der Waals surface area (Å²) in [5.74, 6) is 0.643. The molecule has 0 spiro atoms. The number of hydrogen-bond donors (Lipinski definition) is 0. The monoisotopic (exact) mass is 360 g/mol. The number of nitrogens with zero attached hydrogens (tertiary/aromatic N) is 2. The number of sulfonamides is 1. The fraction of sp³-hybridized carbons (Fsp3) is 0.533. The normalized spacial score (nSPS) is 16.3. The van der Waals surface area contributed by atoms with Crippen molar-refractivity contribution in [3.05, 3.63) is 29.3 Å². The number of halogens is 1. The van der Waals surface area contributed by atoms with Gasteiger partial charge in [0.15, 0.2) is 0 Å². The molecule has 1 amide bonds. The highest BCUT2D eigenvalue weighted by Crippen LogP contribution is 2.23. The van der Waals surface area contributed by atoms with Gasteiger partial charge in [0.1, 0.15) is 5.75 Å². The molecular formula is C15H21ClN2O4S. The van der Waals surface area contributed by atoms with Gasteiger partial charge in [-0.3, -0.25) is 4.79 Å². The van der Waals surface area contributed by atoms with Gasteiger partial charge in [0.05, 0.1) is 17.9 Å². The van der Waals surface area contributed by atoms with Crippen LogP contribution in [0.4, 0.5) is 0 Å². The lowest BCUT2D eigenvalue weighted by molar-refractivity contribution is -0.132. The molecule has 128 valence electrons. The van der Waals surface area contributed by atoms with E-state index < -0.39 is 10.0 Å². The lowest BCUT2D eigenvalue weighted by atomic mass is 10.2. The largest absolute Gasteiger partial charge is 0.492 e. The van der Waals surface area contributed by atoms with Gasteiger partial charge < -0.3 is 9.64 Å². The first-order valence-corrected chi connectivity index (χ1v) is 9.71. The summed E-state index contributed by atoms with van der Waals surface area (Å²) >= 11 is 5.98. The van der Waals surface area contributed by atoms with E-state index in [4.69, 9.17) is 16.3 Å². The average Bonchev–Trinajstić information content (AvgIpc) is 2.52. The third-order valence-corrected chi connectivity index (χ3v) is 5.30. The highest BCUT2D eigenvalue weighted by Gasteiger charge is 2.25. The fourth-order valence-corrected chi connectivity index (χ4v) is 3.41. The van der Waals surface area contributed by atoms with E-state index in [0.29, 0.717) is 56.4 Å². The van der Waals surface area contributed by atoms with Gasteiger partial charge in [-0.05, 0) is 18.6 Å². The van der Waals surface area contributed by atoms with Crippen LogP contribution >= 0.6 is 11.6 Å². The summed E-state index contributed by atoms with van der Waals surface area (Å²) in [6, 6.07) is 7.21. The summed E-state index contributed by atoms with van der Waals surface area (Å²) in [7, 11) is -3.17. The van der Waals surface area contributed by atoms with Crippen LogP contribution in [0.25, 0.3) is 0 Å². The lowest BCUT2D eigenvalue weighted by Crippen LogP contribution is -2.50. The number of benzene rings is 1. The number of para-hydroxylation sites is 1. The number of hydrogen-bond acceptors (Lipinski definition) is 4. The van der Waals surface area contributed by atoms with Gasteiger partial charge in [0.25, 0.3) is 0 Å². The zero-order valence-electron chi connectivity index (χ0n) is 13.1. The van der Waals surface area contributed by atoms with E-state index in [1.165, 1.54) is 10.6 Å². The SMILES string of the molecule is CS(=O)(=O)N1CCN(C(=O)CCCOc2ccccc2Cl)CC1. The van der Waals surface area contributed by atoms with Crippen LogP contribution in [-0.2, 0) is 14.8 Å². The smallest absolute Gasteiger partial charge is 0.222 e. The van der Waals surface area contributed by atoms with Crippen LogP contribution in [0.15, 0.2) is 24.3 Å². The molecular weight excluding hydrogens is 340 g/mol. The van der Waals surface area contributed by atoms with Gasteiger partial charge >= 0.3 is 0 Å². The van der Waals surface area contributed by atoms with Crippen molar-refractivity contribution in [2.24, 2.45) is 0 Å². The van der Waals surface area contributed by atoms with Crippen molar-refractivity contribution in [1.82, 2.24) is 9.21 Å². The Morgan fingerprint density at radius 3 is 2.48 bits per heavy atom. The minimum atomic E-state index is -3.17. The molecule has 2 rings (SSSR count). The summed E-state index contributed by atoms with van der Waals surface area (Å²) in [6.45, 7) is 2.02. The molecule has 0 saturated carbocycles. The topological polar surface area (TPSA) is 66.9 Å². The van der Waals surface area contributed by atoms with E-state index in [-0.39, 0.29) is 5.91 Å². The second-order valence-electron chi connectivity index (χ2n) is 5.43. The molecule has 1 aliphatic heterocycles. The Balaban J connectivity index is 1.69. The molecule has 0 atom stereocenters. The van der Waals surface area contributed by atoms with Crippen LogP contribution in [0.2, 0.25) is 5.02 Å². The highest BCUT2D eigenvalue weighted by atomic mass is 35.5. The molecule has 8 heteroatoms. The van der Waals surface area contributed by atoms with Crippen molar-refractivity contribution in [3.8, 4) is 5.75 Å². The maximum Gasteiger partial charge on any atom is 0.222 e. The maximum absolute atomic E-state index is 12.1. The highest BCUT2D eigenvalue weighted by molar-refractivity contribution is 7.88. The zero-order valence-corrected chi connectivity index (χ0v) is 14.6. The van der Waals surface area contributed by atoms with Crippen molar-refractivity contribution in [1.29, 1.82) is 0 Å². The average molecular weight is 361 g/mol. The predicted octanol–water partition coefficient (Wildman–Crippen LogP) is 1.60. The van der Waals surface area contributed by atoms with Crippen molar-refractivity contribution in [3.63, 3.8) is 0 Å². The van der Waals surface area contributed by atoms with Crippen LogP contribution in [0, 0.1) is 0 Å². The first kappa shape index (κ1) is 18.0. The van der Waals surface area contributed by atoms with Crippen LogP contribution < -0.4 is 4.74 Å². The third kappa shape index (κ3) is 5.37. The van der Waals surface area contributed by atoms with E-state index >= 15 is 0 Å². The molecule has 23 heavy (non-hydrogen) atoms. The molecule has 6 nitrogen and oxygen atoms in total. The van der Waals surface area contributed by atoms with Crippen molar-refractivity contribution in [2.45, 2.75) is 12.8 Å². The first-order valence-electron chi connectivity index (χ1n) is 7.48. The van der Waals surface area contributed by atoms with Gasteiger partial charge in [-0.25, -0.2) is 8.42 Å². The number of carbonyl (C=O) groups is 1. The molecule has 1 aliphatic rings. The van der Waals surface area contributed by atoms with Crippen LogP contribution in [0.3, 0.4) is 0 Å². The Labute approximate surface area is 142 Å². The third-order valence-electron chi connectivity index (χ3n) is 3.69. The summed E-state index contributed by atoms with van der Waals surface area (Å²) in [5.41, 5.74) is 0. The molecule has 0 N–H and O–H groups in total. The van der Waals surface area contributed by atoms with Crippen LogP contribution in [-0.4, -0.2) is 62.6 Å². The first-order chi connectivity index (χ1) is 10.9. The number of rotatable bonds is 6. The molecule has 1 aromatic carbocycles. The molecule has 1 fully saturated rings. The predicted molar refractivity (Wildman–Crippen MR) is 89.2 cm³/mol. The number of amides is 1. The van der Waals surface area contributed by atoms with Crippen molar-refractivity contribution >= 4 is 27.5 Å². The summed E-state index contributed by atoms with van der Waals surface area (Å²) in [4.78, 5) is 13.8. The Hall–Kier alpha value is -1.31. The Bertz CT molecular complexity index is 643. The lowest BCUT2D eigenvalue weighted by Gasteiger charge is -2.33. The van der Waals surface area contributed by atoms with Crippen LogP contribution in [0.1, 0.15) is 12.8 Å². The zero-order chi connectivity index (χ0) is 16.9. The minimum Gasteiger partial charge on any atom is -0.492 e. The molecule has 1 heterocycles. The fourth-order valence-electron chi connectivity index (χ4n) is 2.39. The molecule has 0 aromatic heterocycles. The molecule has 0 unspecified atom stereocenters. The quantitative estimate of drug-likeness (QED) is 0.723. The van der Waals surface area contributed by atoms with Crippen LogP contribution in [0.5, 0.6) is 5.75 Å². The Morgan fingerprint density at radius 2 is 1.87 bits per heavy atom. The standard InChI is InChI=1S/C15H21ClN2O4S/c1-23(20,21)18-10-8-17(9-11-18)15(19)7-4-12-22-14-6-3-2-5-13(14)16/h2-3,5-6H,4,7-12H2,1H3. The molecule has 1 saturated heterocycles. The van der Waals surface area contributed by atoms with E-state index in [1.54, 1.807) is 17.0 Å². The van der Waals surface area contributed by atoms with E-state index in [0.717, 1.165) is 0 Å².